The Hall–Kier alpha value is -2.15. The van der Waals surface area contributed by atoms with E-state index in [9.17, 15) is 4.79 Å². The molecule has 2 aromatic heterocycles. The van der Waals surface area contributed by atoms with Crippen LogP contribution in [0.25, 0.3) is 0 Å². The summed E-state index contributed by atoms with van der Waals surface area (Å²) in [5.41, 5.74) is 1.49. The summed E-state index contributed by atoms with van der Waals surface area (Å²) in [4.78, 5) is 21.8. The zero-order valence-electron chi connectivity index (χ0n) is 18.9. The second kappa shape index (κ2) is 7.94. The van der Waals surface area contributed by atoms with Crippen LogP contribution >= 0.6 is 0 Å². The van der Waals surface area contributed by atoms with Crippen LogP contribution in [0.4, 0.5) is 0 Å². The Bertz CT molecular complexity index is 853. The lowest BCUT2D eigenvalue weighted by atomic mass is 9.92. The Kier molecular flexibility index (Phi) is 5.90. The summed E-state index contributed by atoms with van der Waals surface area (Å²) in [5, 5.41) is 4.55. The van der Waals surface area contributed by atoms with E-state index in [4.69, 9.17) is 4.42 Å². The minimum Gasteiger partial charge on any atom is -0.444 e. The summed E-state index contributed by atoms with van der Waals surface area (Å²) < 4.78 is 7.66. The zero-order chi connectivity index (χ0) is 21.4. The van der Waals surface area contributed by atoms with E-state index in [0.29, 0.717) is 18.8 Å². The Morgan fingerprint density at radius 3 is 2.38 bits per heavy atom. The van der Waals surface area contributed by atoms with Gasteiger partial charge in [0.1, 0.15) is 11.5 Å². The van der Waals surface area contributed by atoms with E-state index >= 15 is 0 Å². The third-order valence-corrected chi connectivity index (χ3v) is 5.39. The van der Waals surface area contributed by atoms with Gasteiger partial charge in [0.15, 0.2) is 0 Å². The molecule has 7 heteroatoms. The van der Waals surface area contributed by atoms with E-state index in [2.05, 4.69) is 56.5 Å². The van der Waals surface area contributed by atoms with Crippen molar-refractivity contribution in [3.63, 3.8) is 0 Å². The molecular formula is C22H35N5O2. The Labute approximate surface area is 174 Å². The predicted octanol–water partition coefficient (Wildman–Crippen LogP) is 3.35. The van der Waals surface area contributed by atoms with E-state index < -0.39 is 0 Å². The van der Waals surface area contributed by atoms with E-state index in [0.717, 1.165) is 43.4 Å². The topological polar surface area (TPSA) is 67.4 Å². The van der Waals surface area contributed by atoms with Crippen LogP contribution in [0.3, 0.4) is 0 Å². The van der Waals surface area contributed by atoms with Crippen LogP contribution in [0, 0.1) is 0 Å². The molecule has 1 saturated heterocycles. The fraction of sp³-hybridized carbons (Fsp3) is 0.682. The molecule has 3 heterocycles. The molecule has 29 heavy (non-hydrogen) atoms. The van der Waals surface area contributed by atoms with Crippen LogP contribution in [-0.4, -0.2) is 56.7 Å². The fourth-order valence-electron chi connectivity index (χ4n) is 3.45. The van der Waals surface area contributed by atoms with Gasteiger partial charge in [-0.2, -0.15) is 5.10 Å². The molecule has 3 rings (SSSR count). The number of carbonyl (C=O) groups excluding carboxylic acids is 1. The maximum Gasteiger partial charge on any atom is 0.272 e. The lowest BCUT2D eigenvalue weighted by Gasteiger charge is -2.21. The van der Waals surface area contributed by atoms with Gasteiger partial charge in [-0.1, -0.05) is 41.5 Å². The first-order chi connectivity index (χ1) is 13.4. The molecule has 0 radical (unpaired) electrons. The first-order valence-corrected chi connectivity index (χ1v) is 10.5. The second-order valence-corrected chi connectivity index (χ2v) is 10.1. The van der Waals surface area contributed by atoms with Gasteiger partial charge < -0.3 is 9.32 Å². The molecule has 160 valence electrons. The van der Waals surface area contributed by atoms with Crippen molar-refractivity contribution in [2.45, 2.75) is 65.3 Å². The van der Waals surface area contributed by atoms with E-state index in [1.54, 1.807) is 4.68 Å². The van der Waals surface area contributed by atoms with Crippen LogP contribution < -0.4 is 0 Å². The minimum atomic E-state index is -0.0756. The highest BCUT2D eigenvalue weighted by atomic mass is 16.4. The SMILES string of the molecule is Cn1nc(C(C)(C)C)cc1C(=O)N1CCCN(Cc2ncc(C(C)(C)C)o2)CC1. The molecule has 0 N–H and O–H groups in total. The molecule has 1 amide bonds. The van der Waals surface area contributed by atoms with Crippen LogP contribution in [-0.2, 0) is 24.4 Å². The Morgan fingerprint density at radius 1 is 1.07 bits per heavy atom. The van der Waals surface area contributed by atoms with Gasteiger partial charge in [0, 0.05) is 44.1 Å². The number of aromatic nitrogens is 3. The summed E-state index contributed by atoms with van der Waals surface area (Å²) in [7, 11) is 1.85. The van der Waals surface area contributed by atoms with Gasteiger partial charge in [-0.3, -0.25) is 14.4 Å². The Morgan fingerprint density at radius 2 is 1.79 bits per heavy atom. The van der Waals surface area contributed by atoms with Crippen molar-refractivity contribution in [3.8, 4) is 0 Å². The number of rotatable bonds is 3. The number of oxazole rings is 1. The highest BCUT2D eigenvalue weighted by molar-refractivity contribution is 5.92. The molecule has 0 spiro atoms. The maximum absolute atomic E-state index is 13.1. The highest BCUT2D eigenvalue weighted by Gasteiger charge is 2.27. The highest BCUT2D eigenvalue weighted by Crippen LogP contribution is 2.24. The lowest BCUT2D eigenvalue weighted by Crippen LogP contribution is -2.36. The van der Waals surface area contributed by atoms with Crippen molar-refractivity contribution in [1.82, 2.24) is 24.6 Å². The second-order valence-electron chi connectivity index (χ2n) is 10.1. The summed E-state index contributed by atoms with van der Waals surface area (Å²) in [6.45, 7) is 16.6. The normalized spacial score (nSPS) is 16.9. The average molecular weight is 402 g/mol. The monoisotopic (exact) mass is 401 g/mol. The van der Waals surface area contributed by atoms with Crippen molar-refractivity contribution >= 4 is 5.91 Å². The minimum absolute atomic E-state index is 0.0394. The van der Waals surface area contributed by atoms with Crippen molar-refractivity contribution < 1.29 is 9.21 Å². The molecule has 0 atom stereocenters. The molecule has 0 aromatic carbocycles. The van der Waals surface area contributed by atoms with E-state index in [-0.39, 0.29) is 16.7 Å². The summed E-state index contributed by atoms with van der Waals surface area (Å²) in [6.07, 6.45) is 2.76. The number of carbonyl (C=O) groups is 1. The van der Waals surface area contributed by atoms with Crippen molar-refractivity contribution in [3.05, 3.63) is 35.3 Å². The molecule has 0 bridgehead atoms. The predicted molar refractivity (Wildman–Crippen MR) is 113 cm³/mol. The van der Waals surface area contributed by atoms with Crippen LogP contribution in [0.2, 0.25) is 0 Å². The van der Waals surface area contributed by atoms with Crippen molar-refractivity contribution in [1.29, 1.82) is 0 Å². The maximum atomic E-state index is 13.1. The summed E-state index contributed by atoms with van der Waals surface area (Å²) in [5.74, 6) is 1.71. The van der Waals surface area contributed by atoms with Gasteiger partial charge in [0.2, 0.25) is 5.89 Å². The van der Waals surface area contributed by atoms with Crippen molar-refractivity contribution in [2.24, 2.45) is 7.05 Å². The number of nitrogens with zero attached hydrogens (tertiary/aromatic N) is 5. The van der Waals surface area contributed by atoms with Gasteiger partial charge in [-0.05, 0) is 12.5 Å². The first-order valence-electron chi connectivity index (χ1n) is 10.5. The number of amides is 1. The van der Waals surface area contributed by atoms with Crippen LogP contribution in [0.15, 0.2) is 16.7 Å². The standard InChI is InChI=1S/C22H35N5O2/c1-21(2,3)17-13-16(25(7)24-17)20(28)27-10-8-9-26(11-12-27)15-19-23-14-18(29-19)22(4,5)6/h13-14H,8-12,15H2,1-7H3. The smallest absolute Gasteiger partial charge is 0.272 e. The molecule has 7 nitrogen and oxygen atoms in total. The largest absolute Gasteiger partial charge is 0.444 e. The number of hydrogen-bond donors (Lipinski definition) is 0. The lowest BCUT2D eigenvalue weighted by molar-refractivity contribution is 0.0749. The van der Waals surface area contributed by atoms with E-state index in [1.807, 2.05) is 24.2 Å². The van der Waals surface area contributed by atoms with Gasteiger partial charge in [-0.25, -0.2) is 4.98 Å². The Balaban J connectivity index is 1.63. The molecule has 1 fully saturated rings. The third kappa shape index (κ3) is 5.07. The molecule has 1 aliphatic heterocycles. The van der Waals surface area contributed by atoms with Crippen molar-refractivity contribution in [2.75, 3.05) is 26.2 Å². The van der Waals surface area contributed by atoms with E-state index in [1.165, 1.54) is 0 Å². The molecule has 2 aromatic rings. The van der Waals surface area contributed by atoms with Gasteiger partial charge in [0.25, 0.3) is 5.91 Å². The molecule has 1 aliphatic rings. The summed E-state index contributed by atoms with van der Waals surface area (Å²) >= 11 is 0. The molecule has 0 saturated carbocycles. The third-order valence-electron chi connectivity index (χ3n) is 5.39. The molecule has 0 unspecified atom stereocenters. The average Bonchev–Trinajstić information content (AvgIpc) is 3.16. The van der Waals surface area contributed by atoms with Crippen LogP contribution in [0.5, 0.6) is 0 Å². The first kappa shape index (κ1) is 21.6. The molecule has 0 aliphatic carbocycles. The summed E-state index contributed by atoms with van der Waals surface area (Å²) in [6, 6.07) is 1.94. The van der Waals surface area contributed by atoms with Gasteiger partial charge >= 0.3 is 0 Å². The van der Waals surface area contributed by atoms with Crippen LogP contribution in [0.1, 0.15) is 75.8 Å². The van der Waals surface area contributed by atoms with Gasteiger partial charge in [0.05, 0.1) is 18.4 Å². The zero-order valence-corrected chi connectivity index (χ0v) is 18.9. The van der Waals surface area contributed by atoms with Gasteiger partial charge in [-0.15, -0.1) is 0 Å². The number of aryl methyl sites for hydroxylation is 1. The fourth-order valence-corrected chi connectivity index (χ4v) is 3.45. The molecular weight excluding hydrogens is 366 g/mol. The quantitative estimate of drug-likeness (QED) is 0.789. The number of hydrogen-bond acceptors (Lipinski definition) is 5.